The van der Waals surface area contributed by atoms with Gasteiger partial charge in [0.2, 0.25) is 0 Å². The third kappa shape index (κ3) is 2.90. The van der Waals surface area contributed by atoms with E-state index >= 15 is 0 Å². The first kappa shape index (κ1) is 14.0. The fourth-order valence-electron chi connectivity index (χ4n) is 2.88. The van der Waals surface area contributed by atoms with E-state index < -0.39 is 0 Å². The van der Waals surface area contributed by atoms with Crippen LogP contribution in [0.15, 0.2) is 18.3 Å². The van der Waals surface area contributed by atoms with Gasteiger partial charge in [-0.2, -0.15) is 5.10 Å². The van der Waals surface area contributed by atoms with E-state index in [2.05, 4.69) is 21.9 Å². The van der Waals surface area contributed by atoms with Gasteiger partial charge in [-0.25, -0.2) is 14.3 Å². The van der Waals surface area contributed by atoms with Gasteiger partial charge in [0.1, 0.15) is 0 Å². The lowest BCUT2D eigenvalue weighted by atomic mass is 10.1. The van der Waals surface area contributed by atoms with Crippen LogP contribution in [0, 0.1) is 5.92 Å². The van der Waals surface area contributed by atoms with Crippen molar-refractivity contribution in [3.63, 3.8) is 0 Å². The first-order valence-electron chi connectivity index (χ1n) is 7.35. The molecule has 1 aliphatic rings. The van der Waals surface area contributed by atoms with E-state index in [-0.39, 0.29) is 5.97 Å². The standard InChI is InChI=1S/C15H20N4O2/c1-3-18-6-4-11(10-18)8-13-16-14-9-12(15(20)21-2)5-7-19(14)17-13/h5,7,9,11H,3-4,6,8,10H2,1-2H3. The Labute approximate surface area is 123 Å². The number of pyridine rings is 1. The van der Waals surface area contributed by atoms with Crippen molar-refractivity contribution in [2.75, 3.05) is 26.7 Å². The van der Waals surface area contributed by atoms with Crippen LogP contribution in [-0.2, 0) is 11.2 Å². The molecule has 0 N–H and O–H groups in total. The number of carbonyl (C=O) groups is 1. The molecule has 0 radical (unpaired) electrons. The summed E-state index contributed by atoms with van der Waals surface area (Å²) in [6.45, 7) is 5.60. The molecule has 1 atom stereocenters. The number of nitrogens with zero attached hydrogens (tertiary/aromatic N) is 4. The van der Waals surface area contributed by atoms with Crippen molar-refractivity contribution in [3.8, 4) is 0 Å². The van der Waals surface area contributed by atoms with Crippen LogP contribution >= 0.6 is 0 Å². The number of ether oxygens (including phenoxy) is 1. The van der Waals surface area contributed by atoms with Crippen LogP contribution in [0.3, 0.4) is 0 Å². The first-order valence-corrected chi connectivity index (χ1v) is 7.35. The van der Waals surface area contributed by atoms with Crippen molar-refractivity contribution in [1.29, 1.82) is 0 Å². The number of hydrogen-bond donors (Lipinski definition) is 0. The number of fused-ring (bicyclic) bond motifs is 1. The molecule has 21 heavy (non-hydrogen) atoms. The van der Waals surface area contributed by atoms with E-state index in [9.17, 15) is 4.79 Å². The van der Waals surface area contributed by atoms with Crippen molar-refractivity contribution in [2.24, 2.45) is 5.92 Å². The largest absolute Gasteiger partial charge is 0.465 e. The summed E-state index contributed by atoms with van der Waals surface area (Å²) in [6, 6.07) is 3.42. The normalized spacial score (nSPS) is 19.2. The van der Waals surface area contributed by atoms with E-state index in [1.165, 1.54) is 20.1 Å². The summed E-state index contributed by atoms with van der Waals surface area (Å²) in [5.74, 6) is 1.12. The molecule has 0 aliphatic carbocycles. The number of esters is 1. The zero-order valence-electron chi connectivity index (χ0n) is 12.5. The quantitative estimate of drug-likeness (QED) is 0.796. The van der Waals surface area contributed by atoms with Crippen molar-refractivity contribution in [2.45, 2.75) is 19.8 Å². The van der Waals surface area contributed by atoms with Gasteiger partial charge in [-0.1, -0.05) is 6.92 Å². The van der Waals surface area contributed by atoms with Crippen LogP contribution < -0.4 is 0 Å². The third-order valence-corrected chi connectivity index (χ3v) is 4.09. The van der Waals surface area contributed by atoms with Gasteiger partial charge in [0.25, 0.3) is 0 Å². The highest BCUT2D eigenvalue weighted by molar-refractivity contribution is 5.90. The second-order valence-electron chi connectivity index (χ2n) is 5.49. The van der Waals surface area contributed by atoms with E-state index in [4.69, 9.17) is 4.74 Å². The molecule has 3 rings (SSSR count). The molecule has 2 aromatic rings. The number of hydrogen-bond acceptors (Lipinski definition) is 5. The van der Waals surface area contributed by atoms with Crippen molar-refractivity contribution in [1.82, 2.24) is 19.5 Å². The van der Waals surface area contributed by atoms with Gasteiger partial charge in [0.15, 0.2) is 11.5 Å². The van der Waals surface area contributed by atoms with E-state index in [0.717, 1.165) is 25.3 Å². The summed E-state index contributed by atoms with van der Waals surface area (Å²) in [4.78, 5) is 18.5. The highest BCUT2D eigenvalue weighted by Gasteiger charge is 2.23. The molecule has 0 amide bonds. The summed E-state index contributed by atoms with van der Waals surface area (Å²) < 4.78 is 6.44. The van der Waals surface area contributed by atoms with Gasteiger partial charge in [0, 0.05) is 19.2 Å². The SMILES string of the molecule is CCN1CCC(Cc2nc3cc(C(=O)OC)ccn3n2)C1. The molecule has 1 saturated heterocycles. The molecule has 112 valence electrons. The molecular weight excluding hydrogens is 268 g/mol. The fourth-order valence-corrected chi connectivity index (χ4v) is 2.88. The third-order valence-electron chi connectivity index (χ3n) is 4.09. The maximum Gasteiger partial charge on any atom is 0.338 e. The average molecular weight is 288 g/mol. The van der Waals surface area contributed by atoms with E-state index in [0.29, 0.717) is 17.1 Å². The summed E-state index contributed by atoms with van der Waals surface area (Å²) in [6.07, 6.45) is 3.85. The summed E-state index contributed by atoms with van der Waals surface area (Å²) >= 11 is 0. The summed E-state index contributed by atoms with van der Waals surface area (Å²) in [7, 11) is 1.38. The first-order chi connectivity index (χ1) is 10.2. The lowest BCUT2D eigenvalue weighted by Gasteiger charge is -2.11. The van der Waals surface area contributed by atoms with Crippen LogP contribution in [0.2, 0.25) is 0 Å². The zero-order chi connectivity index (χ0) is 14.8. The Balaban J connectivity index is 1.76. The molecule has 0 bridgehead atoms. The highest BCUT2D eigenvalue weighted by Crippen LogP contribution is 2.19. The van der Waals surface area contributed by atoms with Crippen LogP contribution in [0.4, 0.5) is 0 Å². The van der Waals surface area contributed by atoms with Crippen molar-refractivity contribution < 1.29 is 9.53 Å². The Kier molecular flexibility index (Phi) is 3.88. The minimum absolute atomic E-state index is 0.351. The maximum absolute atomic E-state index is 11.5. The molecule has 6 nitrogen and oxygen atoms in total. The average Bonchev–Trinajstić information content (AvgIpc) is 3.11. The van der Waals surface area contributed by atoms with Crippen molar-refractivity contribution >= 4 is 11.6 Å². The molecule has 3 heterocycles. The fraction of sp³-hybridized carbons (Fsp3) is 0.533. The minimum Gasteiger partial charge on any atom is -0.465 e. The molecule has 2 aromatic heterocycles. The van der Waals surface area contributed by atoms with Gasteiger partial charge in [-0.15, -0.1) is 0 Å². The van der Waals surface area contributed by atoms with E-state index in [1.807, 2.05) is 0 Å². The van der Waals surface area contributed by atoms with Crippen LogP contribution in [0.1, 0.15) is 29.5 Å². The second kappa shape index (κ2) is 5.81. The van der Waals surface area contributed by atoms with E-state index in [1.54, 1.807) is 22.8 Å². The summed E-state index contributed by atoms with van der Waals surface area (Å²) in [5.41, 5.74) is 1.19. The number of likely N-dealkylation sites (tertiary alicyclic amines) is 1. The Hall–Kier alpha value is -1.95. The van der Waals surface area contributed by atoms with Gasteiger partial charge in [-0.05, 0) is 37.6 Å². The number of rotatable bonds is 4. The molecule has 1 aliphatic heterocycles. The Morgan fingerprint density at radius 2 is 2.38 bits per heavy atom. The lowest BCUT2D eigenvalue weighted by Crippen LogP contribution is -2.20. The van der Waals surface area contributed by atoms with Gasteiger partial charge >= 0.3 is 5.97 Å². The molecule has 0 aromatic carbocycles. The number of methoxy groups -OCH3 is 1. The minimum atomic E-state index is -0.351. The molecule has 6 heteroatoms. The summed E-state index contributed by atoms with van der Waals surface area (Å²) in [5, 5.41) is 4.49. The monoisotopic (exact) mass is 288 g/mol. The highest BCUT2D eigenvalue weighted by atomic mass is 16.5. The molecule has 1 unspecified atom stereocenters. The Morgan fingerprint density at radius 1 is 1.52 bits per heavy atom. The van der Waals surface area contributed by atoms with Crippen LogP contribution in [0.5, 0.6) is 0 Å². The number of aromatic nitrogens is 3. The second-order valence-corrected chi connectivity index (χ2v) is 5.49. The lowest BCUT2D eigenvalue weighted by molar-refractivity contribution is 0.0600. The van der Waals surface area contributed by atoms with Gasteiger partial charge in [-0.3, -0.25) is 0 Å². The smallest absolute Gasteiger partial charge is 0.338 e. The maximum atomic E-state index is 11.5. The van der Waals surface area contributed by atoms with Crippen molar-refractivity contribution in [3.05, 3.63) is 29.7 Å². The number of carbonyl (C=O) groups excluding carboxylic acids is 1. The van der Waals surface area contributed by atoms with Crippen LogP contribution in [0.25, 0.3) is 5.65 Å². The predicted molar refractivity (Wildman–Crippen MR) is 78.3 cm³/mol. The molecular formula is C15H20N4O2. The Morgan fingerprint density at radius 3 is 3.10 bits per heavy atom. The van der Waals surface area contributed by atoms with Gasteiger partial charge in [0.05, 0.1) is 12.7 Å². The van der Waals surface area contributed by atoms with Crippen LogP contribution in [-0.4, -0.2) is 52.2 Å². The molecule has 0 saturated carbocycles. The Bertz CT molecular complexity index is 652. The predicted octanol–water partition coefficient (Wildman–Crippen LogP) is 1.40. The van der Waals surface area contributed by atoms with Gasteiger partial charge < -0.3 is 9.64 Å². The topological polar surface area (TPSA) is 59.7 Å². The molecule has 1 fully saturated rings. The molecule has 0 spiro atoms. The zero-order valence-corrected chi connectivity index (χ0v) is 12.5.